The number of likely N-dealkylation sites (tertiary alicyclic amines) is 1. The maximum Gasteiger partial charge on any atom is 0.103 e. The van der Waals surface area contributed by atoms with Crippen molar-refractivity contribution in [2.24, 2.45) is 5.92 Å². The first kappa shape index (κ1) is 15.1. The van der Waals surface area contributed by atoms with Gasteiger partial charge in [0.2, 0.25) is 0 Å². The predicted molar refractivity (Wildman–Crippen MR) is 83.2 cm³/mol. The van der Waals surface area contributed by atoms with Crippen LogP contribution in [0.25, 0.3) is 0 Å². The molecule has 2 rings (SSSR count). The molecule has 2 heteroatoms. The molecule has 1 heterocycles. The predicted octanol–water partition coefficient (Wildman–Crippen LogP) is 3.02. The smallest absolute Gasteiger partial charge is 0.103 e. The number of nitrogens with zero attached hydrogens (tertiary/aromatic N) is 1. The Balaban J connectivity index is 2.01. The second-order valence-electron chi connectivity index (χ2n) is 5.96. The van der Waals surface area contributed by atoms with Crippen molar-refractivity contribution >= 4 is 0 Å². The minimum absolute atomic E-state index is 0.144. The number of aliphatic hydroxyl groups is 1. The molecule has 0 aliphatic carbocycles. The second-order valence-corrected chi connectivity index (χ2v) is 5.96. The van der Waals surface area contributed by atoms with E-state index in [9.17, 15) is 5.11 Å². The maximum absolute atomic E-state index is 10.9. The second kappa shape index (κ2) is 6.92. The zero-order valence-corrected chi connectivity index (χ0v) is 12.6. The Labute approximate surface area is 122 Å². The molecule has 0 radical (unpaired) electrons. The van der Waals surface area contributed by atoms with Crippen LogP contribution in [-0.4, -0.2) is 29.6 Å². The van der Waals surface area contributed by atoms with Gasteiger partial charge in [-0.05, 0) is 37.4 Å². The summed E-state index contributed by atoms with van der Waals surface area (Å²) in [6, 6.07) is 9.90. The lowest BCUT2D eigenvalue weighted by atomic mass is 9.81. The molecule has 1 fully saturated rings. The van der Waals surface area contributed by atoms with E-state index in [1.807, 2.05) is 30.3 Å². The third kappa shape index (κ3) is 3.62. The molecule has 0 unspecified atom stereocenters. The summed E-state index contributed by atoms with van der Waals surface area (Å²) in [5, 5.41) is 10.9. The molecule has 1 aromatic carbocycles. The summed E-state index contributed by atoms with van der Waals surface area (Å²) in [6.07, 6.45) is 3.09. The van der Waals surface area contributed by atoms with Gasteiger partial charge in [-0.25, -0.2) is 0 Å². The van der Waals surface area contributed by atoms with Gasteiger partial charge in [0.25, 0.3) is 0 Å². The van der Waals surface area contributed by atoms with Crippen LogP contribution >= 0.6 is 0 Å². The highest BCUT2D eigenvalue weighted by atomic mass is 16.3. The highest BCUT2D eigenvalue weighted by molar-refractivity contribution is 5.25. The normalized spacial score (nSPS) is 18.6. The average molecular weight is 271 g/mol. The molecular weight excluding hydrogens is 246 g/mol. The Morgan fingerprint density at radius 3 is 2.40 bits per heavy atom. The van der Waals surface area contributed by atoms with Crippen LogP contribution in [-0.2, 0) is 5.60 Å². The van der Waals surface area contributed by atoms with E-state index in [0.717, 1.165) is 12.1 Å². The summed E-state index contributed by atoms with van der Waals surface area (Å²) in [7, 11) is 0. The van der Waals surface area contributed by atoms with Crippen molar-refractivity contribution in [2.75, 3.05) is 19.6 Å². The average Bonchev–Trinajstić information content (AvgIpc) is 2.97. The first-order valence-corrected chi connectivity index (χ1v) is 7.59. The van der Waals surface area contributed by atoms with E-state index >= 15 is 0 Å². The molecular formula is C18H25NO. The number of rotatable bonds is 4. The summed E-state index contributed by atoms with van der Waals surface area (Å²) in [5.74, 6) is 6.56. The van der Waals surface area contributed by atoms with Crippen LogP contribution in [0.2, 0.25) is 0 Å². The molecule has 0 saturated carbocycles. The highest BCUT2D eigenvalue weighted by Gasteiger charge is 2.31. The van der Waals surface area contributed by atoms with Gasteiger partial charge < -0.3 is 5.11 Å². The Morgan fingerprint density at radius 1 is 1.15 bits per heavy atom. The largest absolute Gasteiger partial charge is 0.384 e. The van der Waals surface area contributed by atoms with Gasteiger partial charge >= 0.3 is 0 Å². The van der Waals surface area contributed by atoms with E-state index in [2.05, 4.69) is 30.6 Å². The first-order chi connectivity index (χ1) is 9.63. The van der Waals surface area contributed by atoms with Gasteiger partial charge in [-0.15, -0.1) is 0 Å². The number of benzene rings is 1. The van der Waals surface area contributed by atoms with Gasteiger partial charge in [0, 0.05) is 6.42 Å². The van der Waals surface area contributed by atoms with Crippen molar-refractivity contribution in [2.45, 2.75) is 38.7 Å². The summed E-state index contributed by atoms with van der Waals surface area (Å²) >= 11 is 0. The lowest BCUT2D eigenvalue weighted by Gasteiger charge is -2.31. The van der Waals surface area contributed by atoms with Gasteiger partial charge in [0.05, 0.1) is 6.54 Å². The van der Waals surface area contributed by atoms with Gasteiger partial charge in [0.1, 0.15) is 5.60 Å². The zero-order chi connectivity index (χ0) is 14.4. The molecule has 1 aliphatic heterocycles. The Hall–Kier alpha value is -1.30. The molecule has 108 valence electrons. The molecule has 1 aromatic rings. The first-order valence-electron chi connectivity index (χ1n) is 7.59. The van der Waals surface area contributed by atoms with Crippen LogP contribution in [0.15, 0.2) is 30.3 Å². The lowest BCUT2D eigenvalue weighted by Crippen LogP contribution is -2.31. The van der Waals surface area contributed by atoms with E-state index in [-0.39, 0.29) is 5.92 Å². The fourth-order valence-electron chi connectivity index (χ4n) is 2.67. The van der Waals surface area contributed by atoms with Gasteiger partial charge in [0.15, 0.2) is 0 Å². The van der Waals surface area contributed by atoms with E-state index in [1.54, 1.807) is 0 Å². The van der Waals surface area contributed by atoms with Crippen molar-refractivity contribution in [3.05, 3.63) is 35.9 Å². The van der Waals surface area contributed by atoms with Gasteiger partial charge in [-0.2, -0.15) is 0 Å². The van der Waals surface area contributed by atoms with Crippen molar-refractivity contribution in [3.8, 4) is 11.8 Å². The van der Waals surface area contributed by atoms with Crippen LogP contribution in [0, 0.1) is 17.8 Å². The Bertz CT molecular complexity index is 465. The molecule has 0 amide bonds. The molecule has 20 heavy (non-hydrogen) atoms. The van der Waals surface area contributed by atoms with Gasteiger partial charge in [-0.1, -0.05) is 56.0 Å². The number of hydrogen-bond donors (Lipinski definition) is 1. The summed E-state index contributed by atoms with van der Waals surface area (Å²) in [5.41, 5.74) is 0.115. The van der Waals surface area contributed by atoms with E-state index in [1.165, 1.54) is 25.9 Å². The number of hydrogen-bond acceptors (Lipinski definition) is 2. The monoisotopic (exact) mass is 271 g/mol. The highest BCUT2D eigenvalue weighted by Crippen LogP contribution is 2.32. The summed E-state index contributed by atoms with van der Waals surface area (Å²) in [4.78, 5) is 2.38. The fourth-order valence-corrected chi connectivity index (χ4v) is 2.67. The van der Waals surface area contributed by atoms with E-state index in [4.69, 9.17) is 0 Å². The van der Waals surface area contributed by atoms with Crippen molar-refractivity contribution < 1.29 is 5.11 Å². The molecule has 1 N–H and O–H groups in total. The molecule has 1 aliphatic rings. The summed E-state index contributed by atoms with van der Waals surface area (Å²) < 4.78 is 0. The topological polar surface area (TPSA) is 23.5 Å². The lowest BCUT2D eigenvalue weighted by molar-refractivity contribution is -0.00532. The van der Waals surface area contributed by atoms with E-state index < -0.39 is 5.60 Å². The standard InChI is InChI=1S/C18H25NO/c1-16(2)18(20,17-10-4-3-5-11-17)12-6-7-13-19-14-8-9-15-19/h3-5,10-11,16,20H,8-9,12-15H2,1-2H3/t18-/m1/s1. The molecule has 1 atom stereocenters. The van der Waals surface area contributed by atoms with Gasteiger partial charge in [-0.3, -0.25) is 4.90 Å². The zero-order valence-electron chi connectivity index (χ0n) is 12.6. The van der Waals surface area contributed by atoms with E-state index in [0.29, 0.717) is 6.42 Å². The van der Waals surface area contributed by atoms with Crippen molar-refractivity contribution in [1.82, 2.24) is 4.90 Å². The fraction of sp³-hybridized carbons (Fsp3) is 0.556. The molecule has 0 spiro atoms. The summed E-state index contributed by atoms with van der Waals surface area (Å²) in [6.45, 7) is 7.27. The Morgan fingerprint density at radius 2 is 1.80 bits per heavy atom. The van der Waals surface area contributed by atoms with Crippen LogP contribution in [0.5, 0.6) is 0 Å². The SMILES string of the molecule is CC(C)[C@](O)(CC#CCN1CCCC1)c1ccccc1. The van der Waals surface area contributed by atoms with Crippen molar-refractivity contribution in [1.29, 1.82) is 0 Å². The molecule has 2 nitrogen and oxygen atoms in total. The third-order valence-electron chi connectivity index (χ3n) is 4.21. The van der Waals surface area contributed by atoms with Crippen LogP contribution < -0.4 is 0 Å². The van der Waals surface area contributed by atoms with Crippen LogP contribution in [0.3, 0.4) is 0 Å². The minimum Gasteiger partial charge on any atom is -0.384 e. The quantitative estimate of drug-likeness (QED) is 0.851. The molecule has 0 bridgehead atoms. The van der Waals surface area contributed by atoms with Crippen molar-refractivity contribution in [3.63, 3.8) is 0 Å². The molecule has 0 aromatic heterocycles. The molecule has 1 saturated heterocycles. The maximum atomic E-state index is 10.9. The third-order valence-corrected chi connectivity index (χ3v) is 4.21. The van der Waals surface area contributed by atoms with Crippen LogP contribution in [0.4, 0.5) is 0 Å². The minimum atomic E-state index is -0.848. The Kier molecular flexibility index (Phi) is 5.23. The van der Waals surface area contributed by atoms with Crippen LogP contribution in [0.1, 0.15) is 38.7 Å².